The van der Waals surface area contributed by atoms with E-state index in [1.54, 1.807) is 6.07 Å². The van der Waals surface area contributed by atoms with Crippen molar-refractivity contribution in [1.82, 2.24) is 4.72 Å². The topological polar surface area (TPSA) is 105 Å². The number of carbonyl (C=O) groups is 1. The molecule has 1 unspecified atom stereocenters. The number of carboxylic acid groups (broad SMARTS) is 1. The molecule has 1 aliphatic heterocycles. The highest BCUT2D eigenvalue weighted by Gasteiger charge is 2.24. The van der Waals surface area contributed by atoms with Gasteiger partial charge in [0.05, 0.1) is 17.1 Å². The summed E-state index contributed by atoms with van der Waals surface area (Å²) in [6.45, 7) is 4.04. The van der Waals surface area contributed by atoms with Gasteiger partial charge in [-0.3, -0.25) is 4.79 Å². The van der Waals surface area contributed by atoms with E-state index in [1.807, 2.05) is 18.6 Å². The van der Waals surface area contributed by atoms with Gasteiger partial charge in [0.2, 0.25) is 10.0 Å². The molecule has 1 aromatic carbocycles. The number of hydrogen-bond acceptors (Lipinski definition) is 5. The summed E-state index contributed by atoms with van der Waals surface area (Å²) in [6, 6.07) is 4.41. The monoisotopic (exact) mass is 314 g/mol. The molecule has 1 atom stereocenters. The molecule has 1 aromatic rings. The Labute approximate surface area is 123 Å². The third-order valence-electron chi connectivity index (χ3n) is 3.19. The van der Waals surface area contributed by atoms with Crippen LogP contribution in [0, 0.1) is 5.92 Å². The molecule has 1 heterocycles. The van der Waals surface area contributed by atoms with Crippen molar-refractivity contribution in [3.63, 3.8) is 0 Å². The van der Waals surface area contributed by atoms with Gasteiger partial charge in [-0.15, -0.1) is 0 Å². The van der Waals surface area contributed by atoms with Crippen LogP contribution in [0.5, 0.6) is 5.75 Å². The van der Waals surface area contributed by atoms with E-state index in [0.717, 1.165) is 0 Å². The van der Waals surface area contributed by atoms with Crippen LogP contribution in [0.1, 0.15) is 13.8 Å². The number of anilines is 1. The minimum Gasteiger partial charge on any atom is -0.486 e. The van der Waals surface area contributed by atoms with E-state index in [-0.39, 0.29) is 11.0 Å². The summed E-state index contributed by atoms with van der Waals surface area (Å²) in [6.07, 6.45) is 0.0325. The lowest BCUT2D eigenvalue weighted by Gasteiger charge is -2.30. The van der Waals surface area contributed by atoms with Crippen molar-refractivity contribution in [2.24, 2.45) is 5.92 Å². The molecule has 1 aliphatic rings. The summed E-state index contributed by atoms with van der Waals surface area (Å²) in [4.78, 5) is 10.5. The lowest BCUT2D eigenvalue weighted by Crippen LogP contribution is -2.35. The van der Waals surface area contributed by atoms with Gasteiger partial charge in [-0.05, 0) is 24.1 Å². The van der Waals surface area contributed by atoms with E-state index in [0.29, 0.717) is 23.9 Å². The molecule has 0 bridgehead atoms. The van der Waals surface area contributed by atoms with Crippen molar-refractivity contribution in [2.45, 2.75) is 24.8 Å². The van der Waals surface area contributed by atoms with Crippen LogP contribution < -0.4 is 14.8 Å². The molecule has 7 nitrogen and oxygen atoms in total. The molecule has 2 rings (SSSR count). The normalized spacial score (nSPS) is 17.8. The largest absolute Gasteiger partial charge is 0.486 e. The minimum absolute atomic E-state index is 0.00148. The molecule has 3 N–H and O–H groups in total. The summed E-state index contributed by atoms with van der Waals surface area (Å²) < 4.78 is 31.7. The number of nitrogens with one attached hydrogen (secondary N) is 2. The van der Waals surface area contributed by atoms with Crippen molar-refractivity contribution in [1.29, 1.82) is 0 Å². The number of carboxylic acids is 1. The SMILES string of the molecule is CC(C)C1CNc2cc(S(=O)(=O)NCC(=O)O)ccc2O1. The van der Waals surface area contributed by atoms with E-state index in [9.17, 15) is 13.2 Å². The summed E-state index contributed by atoms with van der Waals surface area (Å²) in [5.74, 6) is -0.304. The molecule has 0 saturated carbocycles. The maximum atomic E-state index is 12.0. The van der Waals surface area contributed by atoms with Gasteiger partial charge in [0, 0.05) is 0 Å². The van der Waals surface area contributed by atoms with Gasteiger partial charge < -0.3 is 15.2 Å². The number of rotatable bonds is 5. The molecule has 8 heteroatoms. The lowest BCUT2D eigenvalue weighted by atomic mass is 10.1. The fourth-order valence-electron chi connectivity index (χ4n) is 1.94. The summed E-state index contributed by atoms with van der Waals surface area (Å²) in [5.41, 5.74) is 0.588. The van der Waals surface area contributed by atoms with Crippen LogP contribution in [0.15, 0.2) is 23.1 Å². The molecule has 0 aliphatic carbocycles. The number of benzene rings is 1. The van der Waals surface area contributed by atoms with Crippen LogP contribution in [0.25, 0.3) is 0 Å². The average molecular weight is 314 g/mol. The fraction of sp³-hybridized carbons (Fsp3) is 0.462. The van der Waals surface area contributed by atoms with Crippen LogP contribution in [-0.4, -0.2) is 38.7 Å². The average Bonchev–Trinajstić information content (AvgIpc) is 2.44. The minimum atomic E-state index is -3.85. The van der Waals surface area contributed by atoms with Gasteiger partial charge in [0.25, 0.3) is 0 Å². The third-order valence-corrected chi connectivity index (χ3v) is 4.59. The molecular weight excluding hydrogens is 296 g/mol. The smallest absolute Gasteiger partial charge is 0.318 e. The van der Waals surface area contributed by atoms with Crippen LogP contribution in [-0.2, 0) is 14.8 Å². The van der Waals surface area contributed by atoms with Crippen molar-refractivity contribution >= 4 is 21.7 Å². The van der Waals surface area contributed by atoms with Gasteiger partial charge in [-0.1, -0.05) is 13.8 Å². The predicted molar refractivity (Wildman–Crippen MR) is 77.0 cm³/mol. The van der Waals surface area contributed by atoms with Crippen LogP contribution >= 0.6 is 0 Å². The maximum absolute atomic E-state index is 12.0. The molecule has 0 spiro atoms. The first kappa shape index (κ1) is 15.6. The molecule has 0 fully saturated rings. The molecule has 0 amide bonds. The second-order valence-corrected chi connectivity index (χ2v) is 6.92. The lowest BCUT2D eigenvalue weighted by molar-refractivity contribution is -0.135. The van der Waals surface area contributed by atoms with Crippen molar-refractivity contribution in [3.05, 3.63) is 18.2 Å². The standard InChI is InChI=1S/C13H18N2O5S/c1-8(2)12-6-14-10-5-9(3-4-11(10)20-12)21(18,19)15-7-13(16)17/h3-5,8,12,14-15H,6-7H2,1-2H3,(H,16,17). The second kappa shape index (κ2) is 5.90. The third kappa shape index (κ3) is 3.64. The molecule has 0 saturated heterocycles. The van der Waals surface area contributed by atoms with Crippen molar-refractivity contribution < 1.29 is 23.1 Å². The number of aliphatic carboxylic acids is 1. The van der Waals surface area contributed by atoms with Crippen molar-refractivity contribution in [3.8, 4) is 5.75 Å². The van der Waals surface area contributed by atoms with Gasteiger partial charge in [0.15, 0.2) is 0 Å². The quantitative estimate of drug-likeness (QED) is 0.745. The molecule has 116 valence electrons. The van der Waals surface area contributed by atoms with E-state index < -0.39 is 22.5 Å². The Morgan fingerprint density at radius 3 is 2.86 bits per heavy atom. The Kier molecular flexibility index (Phi) is 4.38. The van der Waals surface area contributed by atoms with Gasteiger partial charge in [-0.2, -0.15) is 4.72 Å². The first-order valence-corrected chi connectivity index (χ1v) is 8.04. The number of sulfonamides is 1. The zero-order valence-corrected chi connectivity index (χ0v) is 12.6. The summed E-state index contributed by atoms with van der Waals surface area (Å²) >= 11 is 0. The second-order valence-electron chi connectivity index (χ2n) is 5.16. The van der Waals surface area contributed by atoms with E-state index in [4.69, 9.17) is 9.84 Å². The van der Waals surface area contributed by atoms with E-state index in [2.05, 4.69) is 5.32 Å². The van der Waals surface area contributed by atoms with Gasteiger partial charge in [0.1, 0.15) is 18.4 Å². The zero-order chi connectivity index (χ0) is 15.6. The van der Waals surface area contributed by atoms with Crippen molar-refractivity contribution in [2.75, 3.05) is 18.4 Å². The number of hydrogen-bond donors (Lipinski definition) is 3. The number of ether oxygens (including phenoxy) is 1. The Hall–Kier alpha value is -1.80. The first-order valence-electron chi connectivity index (χ1n) is 6.55. The molecule has 0 aromatic heterocycles. The first-order chi connectivity index (χ1) is 9.79. The van der Waals surface area contributed by atoms with Crippen LogP contribution in [0.2, 0.25) is 0 Å². The van der Waals surface area contributed by atoms with E-state index >= 15 is 0 Å². The Morgan fingerprint density at radius 2 is 2.24 bits per heavy atom. The Morgan fingerprint density at radius 1 is 1.52 bits per heavy atom. The van der Waals surface area contributed by atoms with E-state index in [1.165, 1.54) is 12.1 Å². The van der Waals surface area contributed by atoms with Crippen LogP contribution in [0.3, 0.4) is 0 Å². The summed E-state index contributed by atoms with van der Waals surface area (Å²) in [5, 5.41) is 11.7. The predicted octanol–water partition coefficient (Wildman–Crippen LogP) is 0.878. The van der Waals surface area contributed by atoms with Crippen LogP contribution in [0.4, 0.5) is 5.69 Å². The Balaban J connectivity index is 2.21. The highest BCUT2D eigenvalue weighted by Crippen LogP contribution is 2.32. The number of fused-ring (bicyclic) bond motifs is 1. The van der Waals surface area contributed by atoms with Gasteiger partial charge >= 0.3 is 5.97 Å². The fourth-order valence-corrected chi connectivity index (χ4v) is 2.94. The molecule has 21 heavy (non-hydrogen) atoms. The maximum Gasteiger partial charge on any atom is 0.318 e. The van der Waals surface area contributed by atoms with Gasteiger partial charge in [-0.25, -0.2) is 8.42 Å². The highest BCUT2D eigenvalue weighted by molar-refractivity contribution is 7.89. The summed E-state index contributed by atoms with van der Waals surface area (Å²) in [7, 11) is -3.85. The molecular formula is C13H18N2O5S. The highest BCUT2D eigenvalue weighted by atomic mass is 32.2. The zero-order valence-electron chi connectivity index (χ0n) is 11.8. The molecule has 0 radical (unpaired) electrons. The Bertz CT molecular complexity index is 642.